The highest BCUT2D eigenvalue weighted by Crippen LogP contribution is 2.42. The Hall–Kier alpha value is -1.71. The molecule has 0 unspecified atom stereocenters. The highest BCUT2D eigenvalue weighted by molar-refractivity contribution is 5.76. The van der Waals surface area contributed by atoms with E-state index < -0.39 is 0 Å². The van der Waals surface area contributed by atoms with Gasteiger partial charge in [-0.3, -0.25) is 4.79 Å². The number of nitrogens with one attached hydrogen (secondary N) is 1. The standard InChI is InChI=1S/C20H29NO3/c1-23-18-9-11-19(12-10-18)24-13-3-6-20(22)21-17-8-7-15-4-2-5-16(15)14-17/h9-12,15-17H,2-8,13-14H2,1H3,(H,21,22)/t15-,16-,17-/m1/s1. The fourth-order valence-corrected chi connectivity index (χ4v) is 4.23. The zero-order valence-electron chi connectivity index (χ0n) is 14.6. The van der Waals surface area contributed by atoms with Crippen molar-refractivity contribution in [3.8, 4) is 11.5 Å². The molecule has 4 heteroatoms. The summed E-state index contributed by atoms with van der Waals surface area (Å²) in [5.41, 5.74) is 0. The summed E-state index contributed by atoms with van der Waals surface area (Å²) >= 11 is 0. The van der Waals surface area contributed by atoms with E-state index in [9.17, 15) is 4.79 Å². The van der Waals surface area contributed by atoms with Crippen LogP contribution in [-0.2, 0) is 4.79 Å². The number of hydrogen-bond acceptors (Lipinski definition) is 3. The first kappa shape index (κ1) is 17.1. The largest absolute Gasteiger partial charge is 0.497 e. The predicted octanol–water partition coefficient (Wildman–Crippen LogP) is 3.94. The number of ether oxygens (including phenoxy) is 2. The van der Waals surface area contributed by atoms with E-state index in [1.54, 1.807) is 7.11 Å². The van der Waals surface area contributed by atoms with E-state index in [-0.39, 0.29) is 5.91 Å². The normalized spacial score (nSPS) is 25.8. The van der Waals surface area contributed by atoms with Gasteiger partial charge in [-0.15, -0.1) is 0 Å². The molecule has 0 saturated heterocycles. The van der Waals surface area contributed by atoms with E-state index in [0.717, 1.165) is 36.2 Å². The number of hydrogen-bond donors (Lipinski definition) is 1. The summed E-state index contributed by atoms with van der Waals surface area (Å²) in [5, 5.41) is 3.23. The molecule has 1 N–H and O–H groups in total. The molecular formula is C20H29NO3. The quantitative estimate of drug-likeness (QED) is 0.770. The molecule has 3 atom stereocenters. The van der Waals surface area contributed by atoms with E-state index in [2.05, 4.69) is 5.32 Å². The molecule has 2 aliphatic rings. The lowest BCUT2D eigenvalue weighted by Gasteiger charge is -2.32. The smallest absolute Gasteiger partial charge is 0.220 e. The Kier molecular flexibility index (Phi) is 6.00. The fourth-order valence-electron chi connectivity index (χ4n) is 4.23. The molecule has 0 spiro atoms. The monoisotopic (exact) mass is 331 g/mol. The van der Waals surface area contributed by atoms with Crippen LogP contribution in [0.15, 0.2) is 24.3 Å². The third-order valence-electron chi connectivity index (χ3n) is 5.53. The van der Waals surface area contributed by atoms with Crippen LogP contribution < -0.4 is 14.8 Å². The molecule has 132 valence electrons. The predicted molar refractivity (Wildman–Crippen MR) is 94.3 cm³/mol. The van der Waals surface area contributed by atoms with Crippen LogP contribution in [0.5, 0.6) is 11.5 Å². The maximum Gasteiger partial charge on any atom is 0.220 e. The Morgan fingerprint density at radius 2 is 1.83 bits per heavy atom. The molecule has 0 aliphatic heterocycles. The summed E-state index contributed by atoms with van der Waals surface area (Å²) in [4.78, 5) is 12.1. The van der Waals surface area contributed by atoms with Crippen molar-refractivity contribution in [1.82, 2.24) is 5.32 Å². The molecule has 0 heterocycles. The summed E-state index contributed by atoms with van der Waals surface area (Å²) < 4.78 is 10.8. The minimum Gasteiger partial charge on any atom is -0.497 e. The molecular weight excluding hydrogens is 302 g/mol. The summed E-state index contributed by atoms with van der Waals surface area (Å²) in [6, 6.07) is 7.93. The molecule has 1 amide bonds. The summed E-state index contributed by atoms with van der Waals surface area (Å²) in [5.74, 6) is 3.61. The van der Waals surface area contributed by atoms with Gasteiger partial charge < -0.3 is 14.8 Å². The minimum atomic E-state index is 0.176. The minimum absolute atomic E-state index is 0.176. The third-order valence-corrected chi connectivity index (χ3v) is 5.53. The number of methoxy groups -OCH3 is 1. The summed E-state index contributed by atoms with van der Waals surface area (Å²) in [6.07, 6.45) is 9.11. The number of carbonyl (C=O) groups excluding carboxylic acids is 1. The van der Waals surface area contributed by atoms with Gasteiger partial charge in [-0.1, -0.05) is 19.3 Å². The van der Waals surface area contributed by atoms with Gasteiger partial charge >= 0.3 is 0 Å². The zero-order chi connectivity index (χ0) is 16.8. The fraction of sp³-hybridized carbons (Fsp3) is 0.650. The number of fused-ring (bicyclic) bond motifs is 1. The van der Waals surface area contributed by atoms with Crippen LogP contribution >= 0.6 is 0 Å². The maximum absolute atomic E-state index is 12.1. The molecule has 2 saturated carbocycles. The Morgan fingerprint density at radius 3 is 2.62 bits per heavy atom. The average Bonchev–Trinajstić information content (AvgIpc) is 3.07. The molecule has 1 aromatic carbocycles. The van der Waals surface area contributed by atoms with E-state index in [1.165, 1.54) is 32.1 Å². The molecule has 0 radical (unpaired) electrons. The van der Waals surface area contributed by atoms with Crippen molar-refractivity contribution in [3.63, 3.8) is 0 Å². The van der Waals surface area contributed by atoms with Gasteiger partial charge in [0.05, 0.1) is 13.7 Å². The van der Waals surface area contributed by atoms with Crippen molar-refractivity contribution in [2.24, 2.45) is 11.8 Å². The molecule has 2 fully saturated rings. The van der Waals surface area contributed by atoms with Gasteiger partial charge in [-0.05, 0) is 61.8 Å². The van der Waals surface area contributed by atoms with Crippen LogP contribution in [0, 0.1) is 11.8 Å². The lowest BCUT2D eigenvalue weighted by atomic mass is 9.79. The van der Waals surface area contributed by atoms with Crippen LogP contribution in [0.1, 0.15) is 51.4 Å². The molecule has 2 aliphatic carbocycles. The Balaban J connectivity index is 1.31. The third kappa shape index (κ3) is 4.65. The number of benzene rings is 1. The number of rotatable bonds is 7. The second-order valence-electron chi connectivity index (χ2n) is 7.16. The molecule has 1 aromatic rings. The van der Waals surface area contributed by atoms with Gasteiger partial charge in [0.2, 0.25) is 5.91 Å². The zero-order valence-corrected chi connectivity index (χ0v) is 14.6. The second kappa shape index (κ2) is 8.41. The van der Waals surface area contributed by atoms with Gasteiger partial charge in [0.15, 0.2) is 0 Å². The first-order chi connectivity index (χ1) is 11.7. The van der Waals surface area contributed by atoms with Crippen LogP contribution in [0.25, 0.3) is 0 Å². The highest BCUT2D eigenvalue weighted by atomic mass is 16.5. The lowest BCUT2D eigenvalue weighted by Crippen LogP contribution is -2.39. The van der Waals surface area contributed by atoms with Gasteiger partial charge in [0.25, 0.3) is 0 Å². The Labute approximate surface area is 144 Å². The topological polar surface area (TPSA) is 47.6 Å². The van der Waals surface area contributed by atoms with Crippen LogP contribution in [0.4, 0.5) is 0 Å². The first-order valence-electron chi connectivity index (χ1n) is 9.31. The van der Waals surface area contributed by atoms with Crippen molar-refractivity contribution in [2.75, 3.05) is 13.7 Å². The Bertz CT molecular complexity index is 528. The summed E-state index contributed by atoms with van der Waals surface area (Å²) in [6.45, 7) is 0.565. The van der Waals surface area contributed by atoms with Gasteiger partial charge in [-0.2, -0.15) is 0 Å². The summed E-state index contributed by atoms with van der Waals surface area (Å²) in [7, 11) is 1.65. The van der Waals surface area contributed by atoms with Crippen LogP contribution in [0.3, 0.4) is 0 Å². The second-order valence-corrected chi connectivity index (χ2v) is 7.16. The van der Waals surface area contributed by atoms with Gasteiger partial charge in [0.1, 0.15) is 11.5 Å². The molecule has 3 rings (SSSR count). The molecule has 0 bridgehead atoms. The van der Waals surface area contributed by atoms with Gasteiger partial charge in [0, 0.05) is 12.5 Å². The number of amides is 1. The highest BCUT2D eigenvalue weighted by Gasteiger charge is 2.34. The maximum atomic E-state index is 12.1. The van der Waals surface area contributed by atoms with E-state index in [0.29, 0.717) is 19.1 Å². The van der Waals surface area contributed by atoms with Crippen molar-refractivity contribution in [2.45, 2.75) is 57.4 Å². The van der Waals surface area contributed by atoms with E-state index in [4.69, 9.17) is 9.47 Å². The van der Waals surface area contributed by atoms with E-state index >= 15 is 0 Å². The van der Waals surface area contributed by atoms with Crippen molar-refractivity contribution in [3.05, 3.63) is 24.3 Å². The first-order valence-corrected chi connectivity index (χ1v) is 9.31. The van der Waals surface area contributed by atoms with Crippen molar-refractivity contribution in [1.29, 1.82) is 0 Å². The van der Waals surface area contributed by atoms with Crippen LogP contribution in [-0.4, -0.2) is 25.7 Å². The molecule has 4 nitrogen and oxygen atoms in total. The van der Waals surface area contributed by atoms with Crippen molar-refractivity contribution >= 4 is 5.91 Å². The number of carbonyl (C=O) groups is 1. The molecule has 0 aromatic heterocycles. The van der Waals surface area contributed by atoms with Gasteiger partial charge in [-0.25, -0.2) is 0 Å². The van der Waals surface area contributed by atoms with E-state index in [1.807, 2.05) is 24.3 Å². The Morgan fingerprint density at radius 1 is 1.08 bits per heavy atom. The molecule has 24 heavy (non-hydrogen) atoms. The SMILES string of the molecule is COc1ccc(OCCCC(=O)N[C@@H]2CC[C@H]3CCC[C@@H]3C2)cc1. The lowest BCUT2D eigenvalue weighted by molar-refractivity contribution is -0.122. The van der Waals surface area contributed by atoms with Crippen molar-refractivity contribution < 1.29 is 14.3 Å². The van der Waals surface area contributed by atoms with Crippen LogP contribution in [0.2, 0.25) is 0 Å². The average molecular weight is 331 g/mol.